The normalized spacial score (nSPS) is 35.6. The Morgan fingerprint density at radius 2 is 1.75 bits per heavy atom. The van der Waals surface area contributed by atoms with Crippen molar-refractivity contribution in [3.8, 4) is 5.75 Å². The largest absolute Gasteiger partial charge is 0.496 e. The van der Waals surface area contributed by atoms with Gasteiger partial charge in [-0.2, -0.15) is 0 Å². The summed E-state index contributed by atoms with van der Waals surface area (Å²) in [6, 6.07) is 10.8. The van der Waals surface area contributed by atoms with Crippen LogP contribution in [-0.4, -0.2) is 127 Å². The average molecular weight is 809 g/mol. The van der Waals surface area contributed by atoms with E-state index < -0.39 is 64.0 Å². The molecule has 6 heterocycles. The first kappa shape index (κ1) is 39.8. The number of H-pyrrole nitrogens is 1. The molecule has 1 aromatic heterocycles. The van der Waals surface area contributed by atoms with Crippen molar-refractivity contribution in [2.75, 3.05) is 59.5 Å². The minimum Gasteiger partial charge on any atom is -0.496 e. The highest BCUT2D eigenvalue weighted by molar-refractivity contribution is 5.95. The first-order chi connectivity index (χ1) is 28.3. The van der Waals surface area contributed by atoms with Crippen molar-refractivity contribution in [2.24, 2.45) is 11.3 Å². The maximum absolute atomic E-state index is 15.3. The summed E-state index contributed by atoms with van der Waals surface area (Å²) in [6.07, 6.45) is 6.64. The summed E-state index contributed by atoms with van der Waals surface area (Å²) in [5.74, 6) is -2.03. The molecule has 0 radical (unpaired) electrons. The van der Waals surface area contributed by atoms with Gasteiger partial charge in [0.15, 0.2) is 6.10 Å². The molecular weight excluding hydrogens is 753 g/mol. The lowest BCUT2D eigenvalue weighted by Crippen LogP contribution is -2.81. The van der Waals surface area contributed by atoms with Gasteiger partial charge in [0, 0.05) is 90.3 Å². The highest BCUT2D eigenvalue weighted by Gasteiger charge is 2.80. The first-order valence-corrected chi connectivity index (χ1v) is 21.0. The van der Waals surface area contributed by atoms with E-state index in [2.05, 4.69) is 39.9 Å². The molecule has 1 spiro atoms. The van der Waals surface area contributed by atoms with Crippen molar-refractivity contribution < 1.29 is 43.5 Å². The number of hydrogen-bond acceptors (Lipinski definition) is 12. The smallest absolute Gasteiger partial charge is 0.344 e. The number of aliphatic hydroxyl groups is 2. The minimum atomic E-state index is -2.31. The Kier molecular flexibility index (Phi) is 9.39. The van der Waals surface area contributed by atoms with Gasteiger partial charge in [-0.15, -0.1) is 0 Å². The fourth-order valence-electron chi connectivity index (χ4n) is 13.0. The fraction of sp³-hybridized carbons (Fsp3) is 0.543. The molecule has 2 fully saturated rings. The number of para-hydroxylation sites is 1. The van der Waals surface area contributed by atoms with Crippen LogP contribution >= 0.6 is 0 Å². The highest BCUT2D eigenvalue weighted by atomic mass is 16.6. The zero-order valence-corrected chi connectivity index (χ0v) is 35.0. The first-order valence-electron chi connectivity index (χ1n) is 21.0. The lowest BCUT2D eigenvalue weighted by molar-refractivity contribution is -0.228. The van der Waals surface area contributed by atoms with Crippen LogP contribution in [0.25, 0.3) is 10.9 Å². The third-order valence-electron chi connectivity index (χ3n) is 15.2. The van der Waals surface area contributed by atoms with Gasteiger partial charge >= 0.3 is 17.9 Å². The van der Waals surface area contributed by atoms with Gasteiger partial charge in [0.05, 0.1) is 27.4 Å². The lowest BCUT2D eigenvalue weighted by Gasteiger charge is -2.63. The number of methoxy groups -OCH3 is 3. The molecule has 13 heteroatoms. The van der Waals surface area contributed by atoms with Crippen molar-refractivity contribution in [1.29, 1.82) is 0 Å². The number of carbonyl (C=O) groups excluding carboxylic acids is 3. The summed E-state index contributed by atoms with van der Waals surface area (Å²) in [7, 11) is 6.09. The summed E-state index contributed by atoms with van der Waals surface area (Å²) in [5.41, 5.74) is 0.109. The van der Waals surface area contributed by atoms with Crippen LogP contribution in [0.2, 0.25) is 0 Å². The fourth-order valence-corrected chi connectivity index (χ4v) is 13.0. The molecule has 0 amide bonds. The predicted molar refractivity (Wildman–Crippen MR) is 220 cm³/mol. The summed E-state index contributed by atoms with van der Waals surface area (Å²) in [6.45, 7) is 7.93. The van der Waals surface area contributed by atoms with E-state index in [9.17, 15) is 19.8 Å². The van der Waals surface area contributed by atoms with Crippen LogP contribution in [0.4, 0.5) is 5.69 Å². The van der Waals surface area contributed by atoms with Crippen LogP contribution in [0.15, 0.2) is 60.2 Å². The minimum absolute atomic E-state index is 0.167. The van der Waals surface area contributed by atoms with Gasteiger partial charge in [-0.05, 0) is 61.9 Å². The van der Waals surface area contributed by atoms with E-state index in [1.54, 1.807) is 7.11 Å². The number of carbonyl (C=O) groups is 3. The average Bonchev–Trinajstić information content (AvgIpc) is 3.90. The molecule has 5 aliphatic heterocycles. The van der Waals surface area contributed by atoms with Crippen LogP contribution < -0.4 is 9.64 Å². The van der Waals surface area contributed by atoms with E-state index in [-0.39, 0.29) is 12.5 Å². The van der Waals surface area contributed by atoms with Gasteiger partial charge in [-0.3, -0.25) is 19.4 Å². The van der Waals surface area contributed by atoms with E-state index in [1.807, 2.05) is 55.3 Å². The van der Waals surface area contributed by atoms with E-state index in [0.29, 0.717) is 62.4 Å². The molecule has 13 nitrogen and oxygen atoms in total. The number of likely N-dealkylation sites (N-methyl/N-ethyl adjacent to an activating group) is 1. The number of anilines is 1. The van der Waals surface area contributed by atoms with E-state index >= 15 is 4.79 Å². The van der Waals surface area contributed by atoms with Crippen molar-refractivity contribution in [3.05, 3.63) is 82.6 Å². The van der Waals surface area contributed by atoms with Gasteiger partial charge < -0.3 is 39.0 Å². The molecule has 59 heavy (non-hydrogen) atoms. The quantitative estimate of drug-likeness (QED) is 0.179. The zero-order chi connectivity index (χ0) is 41.8. The molecule has 3 N–H and O–H groups in total. The Hall–Kier alpha value is -4.69. The molecule has 10 atom stereocenters. The lowest BCUT2D eigenvalue weighted by atomic mass is 9.47. The number of benzene rings is 2. The summed E-state index contributed by atoms with van der Waals surface area (Å²) < 4.78 is 23.9. The number of esters is 3. The van der Waals surface area contributed by atoms with Gasteiger partial charge in [0.25, 0.3) is 0 Å². The Morgan fingerprint density at radius 1 is 0.983 bits per heavy atom. The Labute approximate surface area is 344 Å². The van der Waals surface area contributed by atoms with Crippen LogP contribution in [0, 0.1) is 11.3 Å². The standard InChI is InChI=1S/C46H56N4O9/c1-8-27-21-28-24-45(41(53)57-6,36-30(15-19-50(25-27)37(28)52)29-13-10-11-14-33(29)47-36)32-22-31-34(23-35(32)56-5)48(4)39-44(31)17-20-49-18-12-16-43(9-2,38(44)49)40(59-26(3)51)46(39,55)42(54)58-7/h10-14,16,21-23,28,37-40,47,52,55H,8-9,15,17-20,24-25H2,1-7H3/t28-,37+,38+,39-,40-,43-,44-,45+,46+/m1/s1. The van der Waals surface area contributed by atoms with Crippen LogP contribution in [-0.2, 0) is 45.8 Å². The maximum atomic E-state index is 15.3. The van der Waals surface area contributed by atoms with Gasteiger partial charge in [-0.25, -0.2) is 4.79 Å². The number of aromatic amines is 1. The molecule has 1 unspecified atom stereocenters. The van der Waals surface area contributed by atoms with Crippen LogP contribution in [0.5, 0.6) is 5.75 Å². The second kappa shape index (κ2) is 13.9. The van der Waals surface area contributed by atoms with Crippen LogP contribution in [0.3, 0.4) is 0 Å². The maximum Gasteiger partial charge on any atom is 0.344 e. The van der Waals surface area contributed by atoms with Crippen LogP contribution in [0.1, 0.15) is 68.8 Å². The van der Waals surface area contributed by atoms with Crippen molar-refractivity contribution in [2.45, 2.75) is 93.7 Å². The van der Waals surface area contributed by atoms with E-state index in [4.69, 9.17) is 18.9 Å². The van der Waals surface area contributed by atoms with Gasteiger partial charge in [0.1, 0.15) is 17.4 Å². The molecule has 1 aliphatic carbocycles. The number of hydrogen-bond donors (Lipinski definition) is 3. The number of ether oxygens (including phenoxy) is 4. The van der Waals surface area contributed by atoms with Gasteiger partial charge in [-0.1, -0.05) is 55.8 Å². The zero-order valence-electron chi connectivity index (χ0n) is 35.0. The molecular formula is C46H56N4O9. The van der Waals surface area contributed by atoms with Crippen molar-refractivity contribution >= 4 is 34.5 Å². The SMILES string of the molecule is CCC1=C[C@@H]2C[C@](C(=O)OC)(c3cc4c(cc3OC)N(C)[C@H]3[C@@](O)(C(=O)OC)[C@H](OC(C)=O)[C@]5(CC)C=CCN6CC[C@]43[C@@H]65)c3[nH]c4ccccc4c3CCN(C1)[C@H]2O. The second-order valence-electron chi connectivity index (χ2n) is 17.5. The number of nitrogens with zero attached hydrogens (tertiary/aromatic N) is 3. The Balaban J connectivity index is 1.38. The number of nitrogens with one attached hydrogen (secondary N) is 1. The summed E-state index contributed by atoms with van der Waals surface area (Å²) >= 11 is 0. The molecule has 2 aromatic carbocycles. The third-order valence-corrected chi connectivity index (χ3v) is 15.2. The Bertz CT molecular complexity index is 2300. The predicted octanol–water partition coefficient (Wildman–Crippen LogP) is 4.11. The van der Waals surface area contributed by atoms with E-state index in [0.717, 1.165) is 34.1 Å². The van der Waals surface area contributed by atoms with Gasteiger partial charge in [0.2, 0.25) is 5.60 Å². The second-order valence-corrected chi connectivity index (χ2v) is 17.5. The number of aromatic nitrogens is 1. The van der Waals surface area contributed by atoms with E-state index in [1.165, 1.54) is 26.7 Å². The number of aliphatic hydroxyl groups excluding tert-OH is 1. The highest BCUT2D eigenvalue weighted by Crippen LogP contribution is 2.68. The molecule has 1 saturated carbocycles. The molecule has 1 saturated heterocycles. The summed E-state index contributed by atoms with van der Waals surface area (Å²) in [4.78, 5) is 52.8. The number of rotatable bonds is 7. The third kappa shape index (κ3) is 5.07. The van der Waals surface area contributed by atoms with Crippen molar-refractivity contribution in [3.63, 3.8) is 0 Å². The van der Waals surface area contributed by atoms with Crippen molar-refractivity contribution in [1.82, 2.24) is 14.8 Å². The molecule has 9 rings (SSSR count). The topological polar surface area (TPSA) is 154 Å². The monoisotopic (exact) mass is 808 g/mol. The molecule has 314 valence electrons. The molecule has 6 aliphatic rings. The molecule has 2 bridgehead atoms. The number of fused-ring (bicyclic) bond motifs is 6. The molecule has 3 aromatic rings. The summed E-state index contributed by atoms with van der Waals surface area (Å²) in [5, 5.41) is 26.4. The Morgan fingerprint density at radius 3 is 2.44 bits per heavy atom.